The lowest BCUT2D eigenvalue weighted by Crippen LogP contribution is -2.32. The van der Waals surface area contributed by atoms with Crippen LogP contribution in [0.25, 0.3) is 10.9 Å². The Morgan fingerprint density at radius 3 is 2.52 bits per heavy atom. The summed E-state index contributed by atoms with van der Waals surface area (Å²) >= 11 is 0. The van der Waals surface area contributed by atoms with E-state index in [4.69, 9.17) is 0 Å². The smallest absolute Gasteiger partial charge is 0.251 e. The van der Waals surface area contributed by atoms with Gasteiger partial charge in [-0.3, -0.25) is 4.79 Å². The molecule has 0 radical (unpaired) electrons. The molecule has 5 nitrogen and oxygen atoms in total. The van der Waals surface area contributed by atoms with Gasteiger partial charge < -0.3 is 10.6 Å². The molecule has 1 fully saturated rings. The molecule has 0 spiro atoms. The van der Waals surface area contributed by atoms with E-state index in [9.17, 15) is 4.79 Å². The van der Waals surface area contributed by atoms with Crippen LogP contribution >= 0.6 is 0 Å². The van der Waals surface area contributed by atoms with Gasteiger partial charge in [0.05, 0.1) is 5.52 Å². The third kappa shape index (κ3) is 3.45. The second-order valence-corrected chi connectivity index (χ2v) is 6.40. The monoisotopic (exact) mass is 332 g/mol. The molecule has 1 heterocycles. The van der Waals surface area contributed by atoms with Crippen LogP contribution in [0.15, 0.2) is 54.9 Å². The Labute approximate surface area is 146 Å². The molecular formula is C20H20N4O. The van der Waals surface area contributed by atoms with Crippen molar-refractivity contribution in [2.45, 2.75) is 31.7 Å². The zero-order chi connectivity index (χ0) is 17.1. The molecule has 2 N–H and O–H groups in total. The Kier molecular flexibility index (Phi) is 4.29. The third-order valence-electron chi connectivity index (χ3n) is 4.64. The largest absolute Gasteiger partial charge is 0.349 e. The van der Waals surface area contributed by atoms with E-state index in [1.54, 1.807) is 6.33 Å². The number of hydrogen-bond donors (Lipinski definition) is 2. The van der Waals surface area contributed by atoms with Gasteiger partial charge in [-0.05, 0) is 49.2 Å². The summed E-state index contributed by atoms with van der Waals surface area (Å²) in [4.78, 5) is 20.9. The number of aromatic nitrogens is 2. The van der Waals surface area contributed by atoms with Crippen molar-refractivity contribution in [3.8, 4) is 0 Å². The SMILES string of the molecule is O=C(NC1CCCC1)c1ccc(Nc2ncnc3ccccc23)cc1. The molecule has 3 aromatic rings. The number of nitrogens with zero attached hydrogens (tertiary/aromatic N) is 2. The molecule has 2 aromatic carbocycles. The number of carbonyl (C=O) groups is 1. The van der Waals surface area contributed by atoms with Crippen molar-refractivity contribution < 1.29 is 4.79 Å². The number of fused-ring (bicyclic) bond motifs is 1. The highest BCUT2D eigenvalue weighted by molar-refractivity contribution is 5.95. The molecule has 1 aliphatic rings. The summed E-state index contributed by atoms with van der Waals surface area (Å²) < 4.78 is 0. The van der Waals surface area contributed by atoms with E-state index in [2.05, 4.69) is 20.6 Å². The van der Waals surface area contributed by atoms with Gasteiger partial charge >= 0.3 is 0 Å². The molecule has 5 heteroatoms. The first-order valence-corrected chi connectivity index (χ1v) is 8.67. The van der Waals surface area contributed by atoms with Gasteiger partial charge in [0.25, 0.3) is 5.91 Å². The Bertz CT molecular complexity index is 880. The van der Waals surface area contributed by atoms with Crippen molar-refractivity contribution in [2.75, 3.05) is 5.32 Å². The van der Waals surface area contributed by atoms with E-state index in [1.807, 2.05) is 48.5 Å². The fraction of sp³-hybridized carbons (Fsp3) is 0.250. The first-order chi connectivity index (χ1) is 12.3. The normalized spacial score (nSPS) is 14.6. The van der Waals surface area contributed by atoms with Gasteiger partial charge in [-0.2, -0.15) is 0 Å². The average molecular weight is 332 g/mol. The summed E-state index contributed by atoms with van der Waals surface area (Å²) in [6.07, 6.45) is 6.15. The van der Waals surface area contributed by atoms with Crippen LogP contribution in [0, 0.1) is 0 Å². The van der Waals surface area contributed by atoms with Crippen molar-refractivity contribution in [3.63, 3.8) is 0 Å². The third-order valence-corrected chi connectivity index (χ3v) is 4.64. The van der Waals surface area contributed by atoms with E-state index in [-0.39, 0.29) is 5.91 Å². The number of carbonyl (C=O) groups excluding carboxylic acids is 1. The van der Waals surface area contributed by atoms with Crippen LogP contribution < -0.4 is 10.6 Å². The van der Waals surface area contributed by atoms with Gasteiger partial charge in [0, 0.05) is 22.7 Å². The summed E-state index contributed by atoms with van der Waals surface area (Å²) in [5.74, 6) is 0.764. The van der Waals surface area contributed by atoms with E-state index in [1.165, 1.54) is 12.8 Å². The topological polar surface area (TPSA) is 66.9 Å². The van der Waals surface area contributed by atoms with Gasteiger partial charge in [-0.1, -0.05) is 25.0 Å². The van der Waals surface area contributed by atoms with Gasteiger partial charge in [0.15, 0.2) is 0 Å². The van der Waals surface area contributed by atoms with Crippen LogP contribution in [0.2, 0.25) is 0 Å². The fourth-order valence-electron chi connectivity index (χ4n) is 3.28. The van der Waals surface area contributed by atoms with Gasteiger partial charge in [0.2, 0.25) is 0 Å². The minimum absolute atomic E-state index is 0.00550. The predicted octanol–water partition coefficient (Wildman–Crippen LogP) is 4.05. The van der Waals surface area contributed by atoms with E-state index in [0.29, 0.717) is 11.6 Å². The highest BCUT2D eigenvalue weighted by atomic mass is 16.1. The predicted molar refractivity (Wildman–Crippen MR) is 99.0 cm³/mol. The maximum atomic E-state index is 12.3. The molecule has 126 valence electrons. The highest BCUT2D eigenvalue weighted by Gasteiger charge is 2.17. The number of hydrogen-bond acceptors (Lipinski definition) is 4. The van der Waals surface area contributed by atoms with Crippen molar-refractivity contribution in [1.29, 1.82) is 0 Å². The summed E-state index contributed by atoms with van der Waals surface area (Å²) in [5.41, 5.74) is 2.47. The van der Waals surface area contributed by atoms with Crippen molar-refractivity contribution >= 4 is 28.3 Å². The molecular weight excluding hydrogens is 312 g/mol. The van der Waals surface area contributed by atoms with Crippen molar-refractivity contribution in [1.82, 2.24) is 15.3 Å². The minimum atomic E-state index is 0.00550. The number of benzene rings is 2. The van der Waals surface area contributed by atoms with Gasteiger partial charge in [0.1, 0.15) is 12.1 Å². The van der Waals surface area contributed by atoms with E-state index >= 15 is 0 Å². The fourth-order valence-corrected chi connectivity index (χ4v) is 3.28. The Morgan fingerprint density at radius 1 is 0.960 bits per heavy atom. The molecule has 0 aliphatic heterocycles. The van der Waals surface area contributed by atoms with Crippen LogP contribution in [0.4, 0.5) is 11.5 Å². The van der Waals surface area contributed by atoms with Crippen molar-refractivity contribution in [2.24, 2.45) is 0 Å². The average Bonchev–Trinajstić information content (AvgIpc) is 3.16. The quantitative estimate of drug-likeness (QED) is 0.756. The standard InChI is InChI=1S/C20H20N4O/c25-20(24-15-5-1-2-6-15)14-9-11-16(12-10-14)23-19-17-7-3-4-8-18(17)21-13-22-19/h3-4,7-13,15H,1-2,5-6H2,(H,24,25)(H,21,22,23). The lowest BCUT2D eigenvalue weighted by atomic mass is 10.1. The van der Waals surface area contributed by atoms with Crippen LogP contribution in [0.3, 0.4) is 0 Å². The molecule has 25 heavy (non-hydrogen) atoms. The first kappa shape index (κ1) is 15.6. The molecule has 0 unspecified atom stereocenters. The van der Waals surface area contributed by atoms with Crippen LogP contribution in [-0.2, 0) is 0 Å². The molecule has 1 saturated carbocycles. The molecule has 1 aromatic heterocycles. The van der Waals surface area contributed by atoms with Crippen LogP contribution in [0.1, 0.15) is 36.0 Å². The van der Waals surface area contributed by atoms with Crippen LogP contribution in [-0.4, -0.2) is 21.9 Å². The summed E-state index contributed by atoms with van der Waals surface area (Å²) in [5, 5.41) is 7.38. The zero-order valence-corrected chi connectivity index (χ0v) is 13.9. The molecule has 0 saturated heterocycles. The molecule has 0 bridgehead atoms. The zero-order valence-electron chi connectivity index (χ0n) is 13.9. The second kappa shape index (κ2) is 6.89. The lowest BCUT2D eigenvalue weighted by Gasteiger charge is -2.12. The molecule has 1 amide bonds. The van der Waals surface area contributed by atoms with E-state index < -0.39 is 0 Å². The number of rotatable bonds is 4. The number of para-hydroxylation sites is 1. The molecule has 0 atom stereocenters. The summed E-state index contributed by atoms with van der Waals surface area (Å²) in [6.45, 7) is 0. The summed E-state index contributed by atoms with van der Waals surface area (Å²) in [7, 11) is 0. The first-order valence-electron chi connectivity index (χ1n) is 8.67. The number of amides is 1. The highest BCUT2D eigenvalue weighted by Crippen LogP contribution is 2.23. The van der Waals surface area contributed by atoms with Crippen LogP contribution in [0.5, 0.6) is 0 Å². The minimum Gasteiger partial charge on any atom is -0.349 e. The van der Waals surface area contributed by atoms with Gasteiger partial charge in [-0.25, -0.2) is 9.97 Å². The Morgan fingerprint density at radius 2 is 1.72 bits per heavy atom. The van der Waals surface area contributed by atoms with Crippen molar-refractivity contribution in [3.05, 3.63) is 60.4 Å². The number of anilines is 2. The number of nitrogens with one attached hydrogen (secondary N) is 2. The maximum absolute atomic E-state index is 12.3. The Hall–Kier alpha value is -2.95. The molecule has 4 rings (SSSR count). The Balaban J connectivity index is 1.49. The lowest BCUT2D eigenvalue weighted by molar-refractivity contribution is 0.0938. The maximum Gasteiger partial charge on any atom is 0.251 e. The molecule has 1 aliphatic carbocycles. The van der Waals surface area contributed by atoms with Gasteiger partial charge in [-0.15, -0.1) is 0 Å². The van der Waals surface area contributed by atoms with E-state index in [0.717, 1.165) is 35.2 Å². The second-order valence-electron chi connectivity index (χ2n) is 6.40. The summed E-state index contributed by atoms with van der Waals surface area (Å²) in [6, 6.07) is 15.7.